The van der Waals surface area contributed by atoms with Gasteiger partial charge in [-0.1, -0.05) is 41.0 Å². The van der Waals surface area contributed by atoms with Crippen molar-refractivity contribution in [3.8, 4) is 0 Å². The standard InChI is InChI=1S/C20H27N6O.C4H9NO2.C3H8.C2H6/c1-3-17-14-22-26-18(21-13-16-8-7-11-25(15-16)27-2)12-19(23-20(17)26)24-9-5-4-6-10-24;1-2-7-4(6)3-5;1-3-2;1-2/h7-8,11-12,14-15,21H,3-6,9-10,13H2,1-2H3;2-3,5H2,1H3;3H2,1-2H3;1-2H3/q+1;;;. The van der Waals surface area contributed by atoms with Crippen LogP contribution in [0.1, 0.15) is 78.4 Å². The van der Waals surface area contributed by atoms with E-state index in [-0.39, 0.29) is 12.5 Å². The SMILES string of the molecule is CC.CCC.CCOC(=O)CN.CCc1cnn2c(NCc3ccc[n+](OC)c3)cc(N3CCCCC3)nc12. The molecule has 0 atom stereocenters. The lowest BCUT2D eigenvalue weighted by molar-refractivity contribution is -0.885. The summed E-state index contributed by atoms with van der Waals surface area (Å²) in [5.41, 5.74) is 8.14. The first kappa shape index (κ1) is 33.6. The van der Waals surface area contributed by atoms with Crippen LogP contribution in [0.4, 0.5) is 11.6 Å². The van der Waals surface area contributed by atoms with Gasteiger partial charge in [0.25, 0.3) is 0 Å². The summed E-state index contributed by atoms with van der Waals surface area (Å²) in [7, 11) is 1.66. The highest BCUT2D eigenvalue weighted by Crippen LogP contribution is 2.24. The first-order valence-electron chi connectivity index (χ1n) is 14.3. The second kappa shape index (κ2) is 19.6. The van der Waals surface area contributed by atoms with Crippen molar-refractivity contribution >= 4 is 23.3 Å². The molecule has 4 heterocycles. The quantitative estimate of drug-likeness (QED) is 0.321. The number of pyridine rings is 1. The van der Waals surface area contributed by atoms with E-state index < -0.39 is 0 Å². The zero-order chi connectivity index (χ0) is 29.0. The molecule has 4 rings (SSSR count). The molecule has 0 aliphatic carbocycles. The third kappa shape index (κ3) is 11.1. The Balaban J connectivity index is 0.000000540. The van der Waals surface area contributed by atoms with Crippen LogP contribution in [0.5, 0.6) is 0 Å². The van der Waals surface area contributed by atoms with E-state index in [0.29, 0.717) is 13.2 Å². The molecule has 1 aliphatic rings. The third-order valence-corrected chi connectivity index (χ3v) is 5.59. The molecule has 0 saturated carbocycles. The number of esters is 1. The predicted molar refractivity (Wildman–Crippen MR) is 158 cm³/mol. The number of nitrogens with two attached hydrogens (primary N) is 1. The summed E-state index contributed by atoms with van der Waals surface area (Å²) in [4.78, 5) is 22.6. The van der Waals surface area contributed by atoms with Crippen molar-refractivity contribution in [2.75, 3.05) is 43.6 Å². The molecule has 218 valence electrons. The Hall–Kier alpha value is -3.40. The average molecular weight is 545 g/mol. The van der Waals surface area contributed by atoms with Crippen molar-refractivity contribution in [2.24, 2.45) is 5.73 Å². The Labute approximate surface area is 234 Å². The van der Waals surface area contributed by atoms with Crippen LogP contribution in [-0.4, -0.2) is 53.9 Å². The normalized spacial score (nSPS) is 12.2. The lowest BCUT2D eigenvalue weighted by Crippen LogP contribution is -2.40. The highest BCUT2D eigenvalue weighted by molar-refractivity contribution is 5.71. The summed E-state index contributed by atoms with van der Waals surface area (Å²) < 4.78 is 8.04. The molecule has 10 heteroatoms. The second-order valence-electron chi connectivity index (χ2n) is 8.63. The number of hydrogen-bond acceptors (Lipinski definition) is 8. The Bertz CT molecular complexity index is 1080. The van der Waals surface area contributed by atoms with Crippen molar-refractivity contribution in [1.82, 2.24) is 14.6 Å². The highest BCUT2D eigenvalue weighted by atomic mass is 16.6. The minimum Gasteiger partial charge on any atom is -0.465 e. The molecule has 0 amide bonds. The fraction of sp³-hybridized carbons (Fsp3) is 0.586. The summed E-state index contributed by atoms with van der Waals surface area (Å²) in [5, 5.41) is 8.10. The summed E-state index contributed by atoms with van der Waals surface area (Å²) in [5.74, 6) is 1.66. The number of piperidine rings is 1. The van der Waals surface area contributed by atoms with E-state index in [9.17, 15) is 4.79 Å². The van der Waals surface area contributed by atoms with Gasteiger partial charge in [-0.05, 0) is 38.7 Å². The van der Waals surface area contributed by atoms with Gasteiger partial charge < -0.3 is 20.7 Å². The number of anilines is 2. The monoisotopic (exact) mass is 544 g/mol. The highest BCUT2D eigenvalue weighted by Gasteiger charge is 2.17. The molecule has 1 fully saturated rings. The van der Waals surface area contributed by atoms with E-state index in [2.05, 4.69) is 53.0 Å². The zero-order valence-corrected chi connectivity index (χ0v) is 25.1. The minimum atomic E-state index is -0.345. The largest absolute Gasteiger partial charge is 0.465 e. The molecule has 39 heavy (non-hydrogen) atoms. The molecule has 10 nitrogen and oxygen atoms in total. The van der Waals surface area contributed by atoms with Gasteiger partial charge in [0.05, 0.1) is 19.3 Å². The molecule has 1 aliphatic heterocycles. The van der Waals surface area contributed by atoms with E-state index >= 15 is 0 Å². The maximum absolute atomic E-state index is 10.1. The number of nitrogens with zero attached hydrogens (tertiary/aromatic N) is 5. The van der Waals surface area contributed by atoms with Crippen LogP contribution in [-0.2, 0) is 22.5 Å². The van der Waals surface area contributed by atoms with Gasteiger partial charge in [0.1, 0.15) is 18.7 Å². The van der Waals surface area contributed by atoms with E-state index in [4.69, 9.17) is 15.6 Å². The number of nitrogens with one attached hydrogen (secondary N) is 1. The number of carbonyl (C=O) groups is 1. The molecule has 0 unspecified atom stereocenters. The van der Waals surface area contributed by atoms with Crippen molar-refractivity contribution in [1.29, 1.82) is 0 Å². The second-order valence-corrected chi connectivity index (χ2v) is 8.63. The Morgan fingerprint density at radius 3 is 2.41 bits per heavy atom. The number of fused-ring (bicyclic) bond motifs is 1. The molecule has 3 aromatic heterocycles. The van der Waals surface area contributed by atoms with Gasteiger partial charge in [0, 0.05) is 47.6 Å². The molecule has 0 bridgehead atoms. The Morgan fingerprint density at radius 1 is 1.15 bits per heavy atom. The lowest BCUT2D eigenvalue weighted by atomic mass is 10.1. The van der Waals surface area contributed by atoms with Crippen LogP contribution in [0.2, 0.25) is 0 Å². The number of aryl methyl sites for hydroxylation is 1. The van der Waals surface area contributed by atoms with E-state index in [1.165, 1.54) is 31.2 Å². The van der Waals surface area contributed by atoms with Gasteiger partial charge in [-0.2, -0.15) is 9.61 Å². The van der Waals surface area contributed by atoms with Gasteiger partial charge >= 0.3 is 5.97 Å². The first-order chi connectivity index (χ1) is 19.0. The lowest BCUT2D eigenvalue weighted by Gasteiger charge is -2.28. The van der Waals surface area contributed by atoms with Crippen molar-refractivity contribution in [3.05, 3.63) is 47.9 Å². The van der Waals surface area contributed by atoms with E-state index in [0.717, 1.165) is 42.4 Å². The average Bonchev–Trinajstić information content (AvgIpc) is 3.41. The number of aromatic nitrogens is 4. The molecular weight excluding hydrogens is 494 g/mol. The van der Waals surface area contributed by atoms with Crippen molar-refractivity contribution < 1.29 is 19.1 Å². The molecule has 0 radical (unpaired) electrons. The fourth-order valence-electron chi connectivity index (χ4n) is 3.79. The molecular formula is C29H50N7O3+. The van der Waals surface area contributed by atoms with Crippen LogP contribution in [0.25, 0.3) is 5.65 Å². The number of hydrogen-bond donors (Lipinski definition) is 2. The maximum atomic E-state index is 10.1. The summed E-state index contributed by atoms with van der Waals surface area (Å²) >= 11 is 0. The Morgan fingerprint density at radius 2 is 1.85 bits per heavy atom. The first-order valence-corrected chi connectivity index (χ1v) is 14.3. The van der Waals surface area contributed by atoms with Gasteiger partial charge in [-0.3, -0.25) is 9.63 Å². The molecule has 0 spiro atoms. The molecule has 3 N–H and O–H groups in total. The fourth-order valence-corrected chi connectivity index (χ4v) is 3.79. The molecule has 0 aromatic carbocycles. The van der Waals surface area contributed by atoms with E-state index in [1.54, 1.807) is 18.8 Å². The van der Waals surface area contributed by atoms with Crippen LogP contribution < -0.4 is 25.5 Å². The smallest absolute Gasteiger partial charge is 0.319 e. The maximum Gasteiger partial charge on any atom is 0.319 e. The summed E-state index contributed by atoms with van der Waals surface area (Å²) in [6, 6.07) is 6.18. The summed E-state index contributed by atoms with van der Waals surface area (Å²) in [6.45, 7) is 15.4. The van der Waals surface area contributed by atoms with Crippen LogP contribution in [0.15, 0.2) is 36.8 Å². The minimum absolute atomic E-state index is 0.0200. The van der Waals surface area contributed by atoms with Crippen LogP contribution >= 0.6 is 0 Å². The third-order valence-electron chi connectivity index (χ3n) is 5.59. The van der Waals surface area contributed by atoms with Crippen LogP contribution in [0, 0.1) is 0 Å². The Kier molecular flexibility index (Phi) is 16.9. The summed E-state index contributed by atoms with van der Waals surface area (Å²) in [6.07, 6.45) is 11.7. The number of ether oxygens (including phenoxy) is 1. The predicted octanol–water partition coefficient (Wildman–Crippen LogP) is 4.19. The number of rotatable bonds is 8. The van der Waals surface area contributed by atoms with Crippen LogP contribution in [0.3, 0.4) is 0 Å². The van der Waals surface area contributed by atoms with Crippen molar-refractivity contribution in [3.63, 3.8) is 0 Å². The topological polar surface area (TPSA) is 111 Å². The van der Waals surface area contributed by atoms with Gasteiger partial charge in [0.2, 0.25) is 12.4 Å². The van der Waals surface area contributed by atoms with Gasteiger partial charge in [-0.15, -0.1) is 0 Å². The zero-order valence-electron chi connectivity index (χ0n) is 25.1. The molecule has 1 saturated heterocycles. The van der Waals surface area contributed by atoms with Gasteiger partial charge in [0.15, 0.2) is 5.65 Å². The molecule has 3 aromatic rings. The van der Waals surface area contributed by atoms with E-state index in [1.807, 2.05) is 43.0 Å². The number of carbonyl (C=O) groups excluding carboxylic acids is 1. The van der Waals surface area contributed by atoms with Gasteiger partial charge in [-0.25, -0.2) is 4.98 Å². The van der Waals surface area contributed by atoms with Crippen molar-refractivity contribution in [2.45, 2.75) is 80.2 Å².